The van der Waals surface area contributed by atoms with E-state index in [4.69, 9.17) is 15.6 Å². The number of urea groups is 2. The van der Waals surface area contributed by atoms with Crippen LogP contribution in [0.15, 0.2) is 85.1 Å². The molecule has 10 heteroatoms. The fourth-order valence-electron chi connectivity index (χ4n) is 4.81. The van der Waals surface area contributed by atoms with Gasteiger partial charge in [0.2, 0.25) is 0 Å². The van der Waals surface area contributed by atoms with Crippen molar-refractivity contribution in [2.75, 3.05) is 15.5 Å². The van der Waals surface area contributed by atoms with Crippen molar-refractivity contribution in [3.8, 4) is 17.2 Å². The van der Waals surface area contributed by atoms with Crippen LogP contribution in [0.1, 0.15) is 45.9 Å². The van der Waals surface area contributed by atoms with Gasteiger partial charge in [-0.3, -0.25) is 10.2 Å². The third-order valence-corrected chi connectivity index (χ3v) is 7.08. The molecule has 0 fully saturated rings. The number of nitrogens with zero attached hydrogens (tertiary/aromatic N) is 4. The summed E-state index contributed by atoms with van der Waals surface area (Å²) in [6, 6.07) is 23.3. The van der Waals surface area contributed by atoms with E-state index in [0.717, 1.165) is 27.7 Å². The Hall–Kier alpha value is -5.38. The van der Waals surface area contributed by atoms with Crippen molar-refractivity contribution in [1.29, 1.82) is 0 Å². The van der Waals surface area contributed by atoms with Gasteiger partial charge >= 0.3 is 12.1 Å². The number of carbonyl (C=O) groups excluding carboxylic acids is 2. The average molecular weight is 592 g/mol. The summed E-state index contributed by atoms with van der Waals surface area (Å²) in [6.07, 6.45) is 1.57. The van der Waals surface area contributed by atoms with Gasteiger partial charge in [0.15, 0.2) is 0 Å². The normalized spacial score (nSPS) is 11.4. The molecular formula is C34H37N7O3. The van der Waals surface area contributed by atoms with Gasteiger partial charge in [0.25, 0.3) is 0 Å². The quantitative estimate of drug-likeness (QED) is 0.178. The number of amides is 4. The molecule has 226 valence electrons. The van der Waals surface area contributed by atoms with Crippen molar-refractivity contribution in [2.24, 2.45) is 5.73 Å². The maximum Gasteiger partial charge on any atom is 0.324 e. The number of ether oxygens (including phenoxy) is 1. The lowest BCUT2D eigenvalue weighted by atomic mass is 9.92. The van der Waals surface area contributed by atoms with Gasteiger partial charge in [-0.1, -0.05) is 62.7 Å². The highest BCUT2D eigenvalue weighted by atomic mass is 16.5. The first-order valence-electron chi connectivity index (χ1n) is 14.4. The van der Waals surface area contributed by atoms with E-state index >= 15 is 0 Å². The molecule has 0 aliphatic rings. The number of carbonyl (C=O) groups is 2. The zero-order valence-electron chi connectivity index (χ0n) is 25.8. The summed E-state index contributed by atoms with van der Waals surface area (Å²) in [5.74, 6) is 2.01. The number of rotatable bonds is 7. The Labute approximate surface area is 256 Å². The van der Waals surface area contributed by atoms with Crippen molar-refractivity contribution < 1.29 is 14.3 Å². The first kappa shape index (κ1) is 30.1. The number of anilines is 3. The number of hydrogen-bond acceptors (Lipinski definition) is 5. The SMILES string of the molecule is Cc1ccc(-n2nc(C(C)(C)C)cc2NC(=O)Nc2ccc(Oc3ccnc(N(C(N)=O)C(C)C)c3)c3ccccc23)cc1. The van der Waals surface area contributed by atoms with Crippen LogP contribution in [0, 0.1) is 6.92 Å². The van der Waals surface area contributed by atoms with Gasteiger partial charge in [-0.2, -0.15) is 5.10 Å². The molecule has 2 heterocycles. The molecule has 10 nitrogen and oxygen atoms in total. The Kier molecular flexibility index (Phi) is 8.26. The summed E-state index contributed by atoms with van der Waals surface area (Å²) in [5.41, 5.74) is 8.81. The third-order valence-electron chi connectivity index (χ3n) is 7.08. The van der Waals surface area contributed by atoms with Crippen LogP contribution < -0.4 is 26.0 Å². The summed E-state index contributed by atoms with van der Waals surface area (Å²) in [6.45, 7) is 12.0. The van der Waals surface area contributed by atoms with Crippen LogP contribution in [0.5, 0.6) is 11.5 Å². The highest BCUT2D eigenvalue weighted by Gasteiger charge is 2.22. The minimum Gasteiger partial charge on any atom is -0.457 e. The molecule has 0 saturated heterocycles. The standard InChI is InChI=1S/C34H37N7O3/c1-21(2)40(32(35)42)30-19-24(17-18-36-30)44-28-16-15-27(25-9-7-8-10-26(25)28)37-33(43)38-31-20-29(34(4,5)6)39-41(31)23-13-11-22(3)12-14-23/h7-21H,1-6H3,(H2,35,42)(H2,37,38,43). The number of nitrogens with one attached hydrogen (secondary N) is 2. The molecular weight excluding hydrogens is 554 g/mol. The molecule has 0 atom stereocenters. The van der Waals surface area contributed by atoms with Crippen LogP contribution in [-0.4, -0.2) is 32.9 Å². The van der Waals surface area contributed by atoms with Gasteiger partial charge in [0.1, 0.15) is 23.1 Å². The molecule has 2 aromatic heterocycles. The molecule has 0 unspecified atom stereocenters. The number of pyridine rings is 1. The molecule has 0 aliphatic carbocycles. The van der Waals surface area contributed by atoms with Gasteiger partial charge in [-0.25, -0.2) is 19.3 Å². The van der Waals surface area contributed by atoms with Crippen LogP contribution in [0.3, 0.4) is 0 Å². The highest BCUT2D eigenvalue weighted by Crippen LogP contribution is 2.35. The number of aromatic nitrogens is 3. The number of hydrogen-bond donors (Lipinski definition) is 3. The zero-order chi connectivity index (χ0) is 31.6. The first-order valence-corrected chi connectivity index (χ1v) is 14.4. The van der Waals surface area contributed by atoms with E-state index in [1.54, 1.807) is 35.1 Å². The molecule has 0 saturated carbocycles. The monoisotopic (exact) mass is 591 g/mol. The predicted molar refractivity (Wildman–Crippen MR) is 175 cm³/mol. The number of fused-ring (bicyclic) bond motifs is 1. The second-order valence-corrected chi connectivity index (χ2v) is 11.9. The molecule has 3 aromatic carbocycles. The van der Waals surface area contributed by atoms with E-state index in [1.165, 1.54) is 4.90 Å². The Bertz CT molecular complexity index is 1820. The summed E-state index contributed by atoms with van der Waals surface area (Å²) in [4.78, 5) is 31.1. The zero-order valence-corrected chi connectivity index (χ0v) is 25.8. The molecule has 0 aliphatic heterocycles. The van der Waals surface area contributed by atoms with Crippen molar-refractivity contribution in [1.82, 2.24) is 14.8 Å². The molecule has 4 N–H and O–H groups in total. The van der Waals surface area contributed by atoms with Gasteiger partial charge in [0, 0.05) is 40.6 Å². The van der Waals surface area contributed by atoms with Crippen molar-refractivity contribution in [3.63, 3.8) is 0 Å². The van der Waals surface area contributed by atoms with Crippen LogP contribution >= 0.6 is 0 Å². The van der Waals surface area contributed by atoms with E-state index in [9.17, 15) is 9.59 Å². The Morgan fingerprint density at radius 1 is 0.932 bits per heavy atom. The maximum absolute atomic E-state index is 13.4. The van der Waals surface area contributed by atoms with E-state index in [0.29, 0.717) is 28.8 Å². The average Bonchev–Trinajstić information content (AvgIpc) is 3.39. The molecule has 0 spiro atoms. The molecule has 44 heavy (non-hydrogen) atoms. The smallest absolute Gasteiger partial charge is 0.324 e. The Morgan fingerprint density at radius 2 is 1.64 bits per heavy atom. The summed E-state index contributed by atoms with van der Waals surface area (Å²) < 4.78 is 7.99. The van der Waals surface area contributed by atoms with E-state index in [-0.39, 0.29) is 11.5 Å². The van der Waals surface area contributed by atoms with Gasteiger partial charge < -0.3 is 15.8 Å². The largest absolute Gasteiger partial charge is 0.457 e. The van der Waals surface area contributed by atoms with Crippen LogP contribution in [-0.2, 0) is 5.41 Å². The lowest BCUT2D eigenvalue weighted by Crippen LogP contribution is -2.41. The fourth-order valence-corrected chi connectivity index (χ4v) is 4.81. The molecule has 4 amide bonds. The number of aryl methyl sites for hydroxylation is 1. The van der Waals surface area contributed by atoms with Crippen molar-refractivity contribution in [3.05, 3.63) is 96.3 Å². The molecule has 5 rings (SSSR count). The number of primary amides is 1. The summed E-state index contributed by atoms with van der Waals surface area (Å²) in [7, 11) is 0. The van der Waals surface area contributed by atoms with E-state index < -0.39 is 12.1 Å². The molecule has 5 aromatic rings. The number of nitrogens with two attached hydrogens (primary N) is 1. The third kappa shape index (κ3) is 6.49. The van der Waals surface area contributed by atoms with Gasteiger partial charge in [-0.15, -0.1) is 0 Å². The maximum atomic E-state index is 13.4. The van der Waals surface area contributed by atoms with Crippen LogP contribution in [0.2, 0.25) is 0 Å². The highest BCUT2D eigenvalue weighted by molar-refractivity contribution is 6.07. The Morgan fingerprint density at radius 3 is 2.30 bits per heavy atom. The lowest BCUT2D eigenvalue weighted by Gasteiger charge is -2.23. The topological polar surface area (TPSA) is 127 Å². The second kappa shape index (κ2) is 12.1. The van der Waals surface area contributed by atoms with Gasteiger partial charge in [0.05, 0.1) is 17.1 Å². The van der Waals surface area contributed by atoms with Crippen LogP contribution in [0.25, 0.3) is 16.5 Å². The molecule has 0 bridgehead atoms. The van der Waals surface area contributed by atoms with Crippen molar-refractivity contribution in [2.45, 2.75) is 53.0 Å². The first-order chi connectivity index (χ1) is 20.9. The summed E-state index contributed by atoms with van der Waals surface area (Å²) >= 11 is 0. The van der Waals surface area contributed by atoms with E-state index in [2.05, 4.69) is 36.4 Å². The minimum atomic E-state index is -0.597. The Balaban J connectivity index is 1.41. The summed E-state index contributed by atoms with van der Waals surface area (Å²) in [5, 5.41) is 12.4. The predicted octanol–water partition coefficient (Wildman–Crippen LogP) is 7.76. The molecule has 0 radical (unpaired) electrons. The second-order valence-electron chi connectivity index (χ2n) is 11.9. The number of benzene rings is 3. The van der Waals surface area contributed by atoms with Gasteiger partial charge in [-0.05, 0) is 51.1 Å². The van der Waals surface area contributed by atoms with E-state index in [1.807, 2.05) is 75.4 Å². The lowest BCUT2D eigenvalue weighted by molar-refractivity contribution is 0.252. The fraction of sp³-hybridized carbons (Fsp3) is 0.235. The van der Waals surface area contributed by atoms with Crippen LogP contribution in [0.4, 0.5) is 26.9 Å². The van der Waals surface area contributed by atoms with Crippen molar-refractivity contribution >= 4 is 40.2 Å². The minimum absolute atomic E-state index is 0.178.